The molecule has 1 aliphatic rings. The number of sulfone groups is 1. The van der Waals surface area contributed by atoms with Crippen molar-refractivity contribution in [1.82, 2.24) is 14.6 Å². The van der Waals surface area contributed by atoms with Crippen LogP contribution in [0.1, 0.15) is 35.7 Å². The van der Waals surface area contributed by atoms with Crippen molar-refractivity contribution < 1.29 is 17.6 Å². The molecule has 0 atom stereocenters. The summed E-state index contributed by atoms with van der Waals surface area (Å²) in [6.07, 6.45) is 2.66. The Kier molecular flexibility index (Phi) is 3.24. The first-order valence-corrected chi connectivity index (χ1v) is 9.72. The zero-order valence-electron chi connectivity index (χ0n) is 13.5. The van der Waals surface area contributed by atoms with Crippen molar-refractivity contribution in [3.8, 4) is 0 Å². The number of imidazole rings is 1. The molecule has 0 bridgehead atoms. The van der Waals surface area contributed by atoms with Gasteiger partial charge in [-0.15, -0.1) is 0 Å². The van der Waals surface area contributed by atoms with Crippen molar-refractivity contribution in [2.45, 2.75) is 25.2 Å². The van der Waals surface area contributed by atoms with Gasteiger partial charge >= 0.3 is 0 Å². The lowest BCUT2D eigenvalue weighted by molar-refractivity contribution is 0.100. The van der Waals surface area contributed by atoms with Gasteiger partial charge in [-0.25, -0.2) is 17.3 Å². The zero-order chi connectivity index (χ0) is 18.0. The van der Waals surface area contributed by atoms with Crippen LogP contribution in [0.15, 0.2) is 18.3 Å². The monoisotopic (exact) mass is 364 g/mol. The predicted octanol–water partition coefficient (Wildman–Crippen LogP) is 1.52. The average Bonchev–Trinajstić information content (AvgIpc) is 3.08. The van der Waals surface area contributed by atoms with E-state index < -0.39 is 21.6 Å². The Hall–Kier alpha value is -2.42. The van der Waals surface area contributed by atoms with E-state index in [9.17, 15) is 17.6 Å². The van der Waals surface area contributed by atoms with Gasteiger partial charge in [0, 0.05) is 5.56 Å². The fourth-order valence-electron chi connectivity index (χ4n) is 3.58. The van der Waals surface area contributed by atoms with E-state index >= 15 is 0 Å². The summed E-state index contributed by atoms with van der Waals surface area (Å²) in [5.41, 5.74) is 7.39. The molecule has 0 spiro atoms. The Morgan fingerprint density at radius 2 is 2.04 bits per heavy atom. The number of nitrogens with zero attached hydrogens (tertiary/aromatic N) is 2. The number of nitrogens with two attached hydrogens (primary N) is 1. The van der Waals surface area contributed by atoms with E-state index in [1.54, 1.807) is 10.7 Å². The molecule has 1 amide bonds. The molecule has 1 aromatic carbocycles. The topological polar surface area (TPSA) is 110 Å². The third kappa shape index (κ3) is 2.41. The van der Waals surface area contributed by atoms with Crippen LogP contribution in [0.2, 0.25) is 0 Å². The molecule has 0 radical (unpaired) electrons. The lowest BCUT2D eigenvalue weighted by Gasteiger charge is -2.32. The molecule has 4 rings (SSSR count). The van der Waals surface area contributed by atoms with Crippen LogP contribution in [0.25, 0.3) is 16.7 Å². The predicted molar refractivity (Wildman–Crippen MR) is 90.8 cm³/mol. The van der Waals surface area contributed by atoms with Crippen LogP contribution >= 0.6 is 0 Å². The highest BCUT2D eigenvalue weighted by Gasteiger charge is 2.37. The first-order chi connectivity index (χ1) is 11.7. The molecule has 3 N–H and O–H groups in total. The van der Waals surface area contributed by atoms with Gasteiger partial charge in [0.25, 0.3) is 5.91 Å². The van der Waals surface area contributed by atoms with E-state index in [1.807, 2.05) is 6.92 Å². The zero-order valence-corrected chi connectivity index (χ0v) is 14.4. The van der Waals surface area contributed by atoms with Crippen molar-refractivity contribution in [3.63, 3.8) is 0 Å². The van der Waals surface area contributed by atoms with Gasteiger partial charge in [0.15, 0.2) is 0 Å². The summed E-state index contributed by atoms with van der Waals surface area (Å²) >= 11 is 0. The lowest BCUT2D eigenvalue weighted by Crippen LogP contribution is -2.34. The molecule has 1 fully saturated rings. The van der Waals surface area contributed by atoms with Crippen molar-refractivity contribution in [1.29, 1.82) is 0 Å². The van der Waals surface area contributed by atoms with Crippen LogP contribution in [-0.4, -0.2) is 40.4 Å². The van der Waals surface area contributed by atoms with Gasteiger partial charge in [0.2, 0.25) is 0 Å². The van der Waals surface area contributed by atoms with E-state index in [0.717, 1.165) is 11.6 Å². The molecule has 1 aliphatic heterocycles. The molecule has 0 saturated carbocycles. The molecular formula is C16H17FN4O3S. The van der Waals surface area contributed by atoms with Crippen molar-refractivity contribution in [3.05, 3.63) is 35.3 Å². The maximum atomic E-state index is 13.8. The molecule has 3 aromatic rings. The van der Waals surface area contributed by atoms with Crippen LogP contribution in [0.5, 0.6) is 0 Å². The number of amides is 1. The van der Waals surface area contributed by atoms with Crippen molar-refractivity contribution >= 4 is 32.4 Å². The quantitative estimate of drug-likeness (QED) is 0.718. The van der Waals surface area contributed by atoms with Crippen molar-refractivity contribution in [2.24, 2.45) is 5.73 Å². The fraction of sp³-hybridized carbons (Fsp3) is 0.375. The van der Waals surface area contributed by atoms with Gasteiger partial charge in [0.05, 0.1) is 28.8 Å². The number of halogens is 1. The molecule has 0 unspecified atom stereocenters. The third-order valence-corrected chi connectivity index (χ3v) is 6.81. The number of hydrogen-bond donors (Lipinski definition) is 2. The number of fused-ring (bicyclic) bond motifs is 3. The summed E-state index contributed by atoms with van der Waals surface area (Å²) in [6.45, 7) is 2.00. The maximum Gasteiger partial charge on any atom is 0.251 e. The maximum absolute atomic E-state index is 13.8. The number of hydrogen-bond acceptors (Lipinski definition) is 4. The minimum absolute atomic E-state index is 0.0484. The van der Waals surface area contributed by atoms with Gasteiger partial charge < -0.3 is 10.7 Å². The Labute approximate surface area is 142 Å². The summed E-state index contributed by atoms with van der Waals surface area (Å²) in [4.78, 5) is 14.8. The van der Waals surface area contributed by atoms with E-state index in [2.05, 4.69) is 10.1 Å². The summed E-state index contributed by atoms with van der Waals surface area (Å²) < 4.78 is 38.8. The van der Waals surface area contributed by atoms with Gasteiger partial charge in [-0.2, -0.15) is 5.10 Å². The van der Waals surface area contributed by atoms with Crippen LogP contribution in [0.4, 0.5) is 4.39 Å². The highest BCUT2D eigenvalue weighted by Crippen LogP contribution is 2.38. The molecule has 1 saturated heterocycles. The lowest BCUT2D eigenvalue weighted by atomic mass is 9.79. The molecular weight excluding hydrogens is 347 g/mol. The summed E-state index contributed by atoms with van der Waals surface area (Å²) in [5.74, 6) is -1.05. The van der Waals surface area contributed by atoms with Crippen LogP contribution < -0.4 is 5.73 Å². The highest BCUT2D eigenvalue weighted by molar-refractivity contribution is 7.91. The van der Waals surface area contributed by atoms with E-state index in [0.29, 0.717) is 29.5 Å². The third-order valence-electron chi connectivity index (χ3n) is 5.15. The number of aromatic amines is 1. The summed E-state index contributed by atoms with van der Waals surface area (Å²) in [6, 6.07) is 2.38. The Bertz CT molecular complexity index is 1120. The fourth-order valence-corrected chi connectivity index (χ4v) is 5.30. The molecule has 3 heterocycles. The smallest absolute Gasteiger partial charge is 0.251 e. The Morgan fingerprint density at radius 3 is 2.68 bits per heavy atom. The molecule has 2 aromatic heterocycles. The molecule has 0 aliphatic carbocycles. The van der Waals surface area contributed by atoms with Gasteiger partial charge in [-0.1, -0.05) is 6.92 Å². The van der Waals surface area contributed by atoms with E-state index in [-0.39, 0.29) is 22.5 Å². The van der Waals surface area contributed by atoms with Crippen LogP contribution in [-0.2, 0) is 15.3 Å². The number of benzene rings is 1. The number of nitrogens with one attached hydrogen (secondary N) is 1. The largest absolute Gasteiger partial charge is 0.366 e. The van der Waals surface area contributed by atoms with E-state index in [4.69, 9.17) is 5.73 Å². The number of carbonyl (C=O) groups is 1. The number of carbonyl (C=O) groups excluding carboxylic acids is 1. The second kappa shape index (κ2) is 5.04. The standard InChI is InChI=1S/C16H17FN4O3S/c1-16(2-4-25(23,24)5-3-16)11-8-19-21-13-10(14(18)22)6-9(17)7-12(13)20-15(11)21/h6-8,20H,2-5H2,1H3,(H2,18,22). The SMILES string of the molecule is CC1(c2cnn3c2[nH]c2cc(F)cc(C(N)=O)c23)CCS(=O)(=O)CC1. The Balaban J connectivity index is 1.93. The number of H-pyrrole nitrogens is 1. The van der Waals surface area contributed by atoms with Crippen molar-refractivity contribution in [2.75, 3.05) is 11.5 Å². The molecule has 132 valence electrons. The molecule has 25 heavy (non-hydrogen) atoms. The summed E-state index contributed by atoms with van der Waals surface area (Å²) in [7, 11) is -2.99. The first-order valence-electron chi connectivity index (χ1n) is 7.90. The summed E-state index contributed by atoms with van der Waals surface area (Å²) in [5, 5.41) is 4.34. The average molecular weight is 364 g/mol. The van der Waals surface area contributed by atoms with Gasteiger partial charge in [-0.3, -0.25) is 4.79 Å². The normalized spacial score (nSPS) is 19.4. The number of aromatic nitrogens is 3. The van der Waals surface area contributed by atoms with Crippen LogP contribution in [0.3, 0.4) is 0 Å². The minimum atomic E-state index is -2.99. The van der Waals surface area contributed by atoms with Gasteiger partial charge in [0.1, 0.15) is 26.8 Å². The first kappa shape index (κ1) is 16.1. The van der Waals surface area contributed by atoms with Crippen LogP contribution in [0, 0.1) is 5.82 Å². The van der Waals surface area contributed by atoms with E-state index in [1.165, 1.54) is 6.07 Å². The molecule has 9 heteroatoms. The number of primary amides is 1. The minimum Gasteiger partial charge on any atom is -0.366 e. The second-order valence-corrected chi connectivity index (χ2v) is 9.17. The second-order valence-electron chi connectivity index (χ2n) is 6.87. The Morgan fingerprint density at radius 1 is 1.36 bits per heavy atom. The van der Waals surface area contributed by atoms with Gasteiger partial charge in [-0.05, 0) is 30.4 Å². The molecule has 7 nitrogen and oxygen atoms in total. The highest BCUT2D eigenvalue weighted by atomic mass is 32.2. The number of rotatable bonds is 2.